The zero-order valence-electron chi connectivity index (χ0n) is 19.2. The Kier molecular flexibility index (Phi) is 7.44. The minimum absolute atomic E-state index is 0.190. The minimum Gasteiger partial charge on any atom is -0.394 e. The highest BCUT2D eigenvalue weighted by molar-refractivity contribution is 5.94. The lowest BCUT2D eigenvalue weighted by atomic mass is 10.0. The molecule has 9 heteroatoms. The molecule has 4 unspecified atom stereocenters. The van der Waals surface area contributed by atoms with Crippen LogP contribution in [0.4, 0.5) is 11.5 Å². The van der Waals surface area contributed by atoms with Crippen molar-refractivity contribution in [2.24, 2.45) is 0 Å². The molecule has 4 atom stereocenters. The van der Waals surface area contributed by atoms with Crippen molar-refractivity contribution in [2.45, 2.75) is 24.4 Å². The Balaban J connectivity index is 1.37. The van der Waals surface area contributed by atoms with Gasteiger partial charge in [-0.25, -0.2) is 4.98 Å². The molecule has 3 heterocycles. The standard InChI is InChI=1S/C24H33N5O4/c1-27(2)18-8-6-17(7-9-18)24(32)26-15-19-22(23(31)20(16-30)33-19)29-13-11-28(12-14-29)21-5-3-4-10-25-21/h3-10,19-20,22-23,30-31H,11-16H2,1-2H3,(H,26,32). The average Bonchev–Trinajstić information content (AvgIpc) is 3.18. The fourth-order valence-corrected chi connectivity index (χ4v) is 4.59. The number of pyridine rings is 1. The van der Waals surface area contributed by atoms with Crippen LogP contribution in [0.2, 0.25) is 0 Å². The number of rotatable bonds is 7. The summed E-state index contributed by atoms with van der Waals surface area (Å²) in [5.41, 5.74) is 1.59. The molecule has 2 aromatic rings. The van der Waals surface area contributed by atoms with Gasteiger partial charge in [-0.05, 0) is 36.4 Å². The molecule has 0 saturated carbocycles. The van der Waals surface area contributed by atoms with Gasteiger partial charge in [-0.2, -0.15) is 0 Å². The molecule has 3 N–H and O–H groups in total. The van der Waals surface area contributed by atoms with Crippen LogP contribution in [0, 0.1) is 0 Å². The SMILES string of the molecule is CN(C)c1ccc(C(=O)NCC2OC(CO)C(O)C2N2CCN(c3ccccn3)CC2)cc1. The number of carbonyl (C=O) groups excluding carboxylic acids is 1. The summed E-state index contributed by atoms with van der Waals surface area (Å²) in [5.74, 6) is 0.752. The van der Waals surface area contributed by atoms with Crippen LogP contribution in [-0.2, 0) is 4.74 Å². The number of aromatic nitrogens is 1. The number of anilines is 2. The lowest BCUT2D eigenvalue weighted by Crippen LogP contribution is -2.57. The fourth-order valence-electron chi connectivity index (χ4n) is 4.59. The lowest BCUT2D eigenvalue weighted by molar-refractivity contribution is -0.0209. The Morgan fingerprint density at radius 3 is 2.45 bits per heavy atom. The molecule has 9 nitrogen and oxygen atoms in total. The summed E-state index contributed by atoms with van der Waals surface area (Å²) in [4.78, 5) is 23.5. The maximum absolute atomic E-state index is 12.7. The first-order valence-electron chi connectivity index (χ1n) is 11.4. The number of amides is 1. The third kappa shape index (κ3) is 5.27. The van der Waals surface area contributed by atoms with Crippen molar-refractivity contribution in [2.75, 3.05) is 63.2 Å². The van der Waals surface area contributed by atoms with Gasteiger partial charge in [-0.15, -0.1) is 0 Å². The number of aliphatic hydroxyl groups excluding tert-OH is 2. The summed E-state index contributed by atoms with van der Waals surface area (Å²) >= 11 is 0. The Hall–Kier alpha value is -2.72. The van der Waals surface area contributed by atoms with Gasteiger partial charge in [-0.1, -0.05) is 6.07 Å². The van der Waals surface area contributed by atoms with Crippen LogP contribution in [0.15, 0.2) is 48.7 Å². The number of nitrogens with one attached hydrogen (secondary N) is 1. The molecule has 0 radical (unpaired) electrons. The highest BCUT2D eigenvalue weighted by atomic mass is 16.5. The third-order valence-electron chi connectivity index (χ3n) is 6.46. The van der Waals surface area contributed by atoms with Crippen molar-refractivity contribution in [1.29, 1.82) is 0 Å². The molecule has 2 aliphatic rings. The first-order valence-corrected chi connectivity index (χ1v) is 11.4. The number of ether oxygens (including phenoxy) is 1. The number of benzene rings is 1. The van der Waals surface area contributed by atoms with Gasteiger partial charge in [0.05, 0.1) is 18.8 Å². The summed E-state index contributed by atoms with van der Waals surface area (Å²) < 4.78 is 5.95. The van der Waals surface area contributed by atoms with E-state index in [9.17, 15) is 15.0 Å². The maximum Gasteiger partial charge on any atom is 0.251 e. The molecule has 2 fully saturated rings. The van der Waals surface area contributed by atoms with Crippen LogP contribution < -0.4 is 15.1 Å². The smallest absolute Gasteiger partial charge is 0.251 e. The van der Waals surface area contributed by atoms with Gasteiger partial charge in [0.2, 0.25) is 0 Å². The fraction of sp³-hybridized carbons (Fsp3) is 0.500. The first kappa shape index (κ1) is 23.4. The van der Waals surface area contributed by atoms with Crippen LogP contribution in [0.5, 0.6) is 0 Å². The molecule has 1 amide bonds. The summed E-state index contributed by atoms with van der Waals surface area (Å²) in [6, 6.07) is 12.9. The normalized spacial score (nSPS) is 25.8. The number of nitrogens with zero attached hydrogens (tertiary/aromatic N) is 4. The van der Waals surface area contributed by atoms with Crippen molar-refractivity contribution >= 4 is 17.4 Å². The van der Waals surface area contributed by atoms with Crippen molar-refractivity contribution in [3.05, 3.63) is 54.2 Å². The second kappa shape index (κ2) is 10.5. The second-order valence-corrected chi connectivity index (χ2v) is 8.74. The summed E-state index contributed by atoms with van der Waals surface area (Å²) in [7, 11) is 3.90. The van der Waals surface area contributed by atoms with E-state index in [0.29, 0.717) is 5.56 Å². The van der Waals surface area contributed by atoms with Crippen LogP contribution in [0.1, 0.15) is 10.4 Å². The first-order chi connectivity index (χ1) is 16.0. The van der Waals surface area contributed by atoms with Crippen molar-refractivity contribution in [3.8, 4) is 0 Å². The van der Waals surface area contributed by atoms with E-state index in [2.05, 4.69) is 20.1 Å². The van der Waals surface area contributed by atoms with E-state index >= 15 is 0 Å². The maximum atomic E-state index is 12.7. The van der Waals surface area contributed by atoms with E-state index in [1.807, 2.05) is 49.3 Å². The van der Waals surface area contributed by atoms with Gasteiger partial charge >= 0.3 is 0 Å². The number of carbonyl (C=O) groups is 1. The zero-order valence-corrected chi connectivity index (χ0v) is 19.2. The van der Waals surface area contributed by atoms with Gasteiger partial charge in [0.25, 0.3) is 5.91 Å². The third-order valence-corrected chi connectivity index (χ3v) is 6.46. The van der Waals surface area contributed by atoms with Crippen LogP contribution >= 0.6 is 0 Å². The molecule has 0 aliphatic carbocycles. The Morgan fingerprint density at radius 2 is 1.85 bits per heavy atom. The number of hydrogen-bond donors (Lipinski definition) is 3. The highest BCUT2D eigenvalue weighted by Gasteiger charge is 2.46. The van der Waals surface area contributed by atoms with Crippen LogP contribution in [-0.4, -0.2) is 104 Å². The van der Waals surface area contributed by atoms with Crippen LogP contribution in [0.3, 0.4) is 0 Å². The molecule has 0 spiro atoms. The van der Waals surface area contributed by atoms with Crippen molar-refractivity contribution in [3.63, 3.8) is 0 Å². The zero-order chi connectivity index (χ0) is 23.4. The van der Waals surface area contributed by atoms with E-state index in [1.165, 1.54) is 0 Å². The quantitative estimate of drug-likeness (QED) is 0.544. The summed E-state index contributed by atoms with van der Waals surface area (Å²) in [6.45, 7) is 3.02. The molecule has 1 aromatic carbocycles. The number of aliphatic hydroxyl groups is 2. The topological polar surface area (TPSA) is 101 Å². The van der Waals surface area contributed by atoms with Crippen molar-refractivity contribution in [1.82, 2.24) is 15.2 Å². The molecular weight excluding hydrogens is 422 g/mol. The van der Waals surface area contributed by atoms with Gasteiger partial charge in [-0.3, -0.25) is 9.69 Å². The molecule has 4 rings (SSSR count). The van der Waals surface area contributed by atoms with E-state index in [-0.39, 0.29) is 25.1 Å². The Labute approximate surface area is 194 Å². The molecule has 2 saturated heterocycles. The largest absolute Gasteiger partial charge is 0.394 e. The monoisotopic (exact) mass is 455 g/mol. The minimum atomic E-state index is -0.822. The molecule has 2 aliphatic heterocycles. The summed E-state index contributed by atoms with van der Waals surface area (Å²) in [6.07, 6.45) is -0.110. The van der Waals surface area contributed by atoms with E-state index in [0.717, 1.165) is 37.7 Å². The molecular formula is C24H33N5O4. The van der Waals surface area contributed by atoms with E-state index in [1.54, 1.807) is 18.3 Å². The van der Waals surface area contributed by atoms with Gasteiger partial charge in [0.1, 0.15) is 18.0 Å². The molecule has 1 aromatic heterocycles. The Bertz CT molecular complexity index is 903. The van der Waals surface area contributed by atoms with Gasteiger partial charge < -0.3 is 30.1 Å². The molecule has 178 valence electrons. The van der Waals surface area contributed by atoms with E-state index in [4.69, 9.17) is 4.74 Å². The predicted octanol–water partition coefficient (Wildman–Crippen LogP) is 0.189. The van der Waals surface area contributed by atoms with Gasteiger partial charge in [0, 0.05) is 64.3 Å². The number of hydrogen-bond acceptors (Lipinski definition) is 8. The highest BCUT2D eigenvalue weighted by Crippen LogP contribution is 2.27. The van der Waals surface area contributed by atoms with Gasteiger partial charge in [0.15, 0.2) is 0 Å². The lowest BCUT2D eigenvalue weighted by Gasteiger charge is -2.40. The van der Waals surface area contributed by atoms with E-state index < -0.39 is 18.3 Å². The van der Waals surface area contributed by atoms with Crippen LogP contribution in [0.25, 0.3) is 0 Å². The predicted molar refractivity (Wildman–Crippen MR) is 127 cm³/mol. The molecule has 33 heavy (non-hydrogen) atoms. The summed E-state index contributed by atoms with van der Waals surface area (Å²) in [5, 5.41) is 23.5. The Morgan fingerprint density at radius 1 is 1.12 bits per heavy atom. The van der Waals surface area contributed by atoms with Crippen molar-refractivity contribution < 1.29 is 19.7 Å². The molecule has 0 bridgehead atoms. The average molecular weight is 456 g/mol. The second-order valence-electron chi connectivity index (χ2n) is 8.74. The number of piperazine rings is 1.